The van der Waals surface area contributed by atoms with Gasteiger partial charge in [0.05, 0.1) is 7.11 Å². The fourth-order valence-corrected chi connectivity index (χ4v) is 2.95. The highest BCUT2D eigenvalue weighted by Gasteiger charge is 2.25. The largest absolute Gasteiger partial charge is 0.496 e. The predicted molar refractivity (Wildman–Crippen MR) is 96.3 cm³/mol. The number of methoxy groups -OCH3 is 1. The van der Waals surface area contributed by atoms with Crippen LogP contribution in [-0.2, 0) is 11.3 Å². The molecule has 0 radical (unpaired) electrons. The van der Waals surface area contributed by atoms with E-state index in [2.05, 4.69) is 21.7 Å². The van der Waals surface area contributed by atoms with Crippen molar-refractivity contribution in [3.8, 4) is 5.75 Å². The van der Waals surface area contributed by atoms with E-state index in [0.29, 0.717) is 13.0 Å². The second kappa shape index (κ2) is 8.57. The SMILES string of the molecule is CCC(=O)N1CCC(NC(=NC)NCc2ccc(OC)c(C)c2)C1. The number of amides is 1. The van der Waals surface area contributed by atoms with Gasteiger partial charge in [0.1, 0.15) is 5.75 Å². The molecule has 1 amide bonds. The van der Waals surface area contributed by atoms with E-state index < -0.39 is 0 Å². The minimum atomic E-state index is 0.218. The van der Waals surface area contributed by atoms with Crippen LogP contribution < -0.4 is 15.4 Å². The van der Waals surface area contributed by atoms with Crippen LogP contribution in [-0.4, -0.2) is 50.1 Å². The topological polar surface area (TPSA) is 66.0 Å². The zero-order valence-electron chi connectivity index (χ0n) is 15.1. The van der Waals surface area contributed by atoms with E-state index in [1.165, 1.54) is 5.56 Å². The molecule has 6 nitrogen and oxygen atoms in total. The second-order valence-electron chi connectivity index (χ2n) is 6.05. The van der Waals surface area contributed by atoms with Gasteiger partial charge in [0.15, 0.2) is 5.96 Å². The Labute approximate surface area is 144 Å². The van der Waals surface area contributed by atoms with Gasteiger partial charge in [-0.15, -0.1) is 0 Å². The molecule has 0 aliphatic carbocycles. The molecule has 2 rings (SSSR count). The van der Waals surface area contributed by atoms with Gasteiger partial charge in [-0.2, -0.15) is 0 Å². The monoisotopic (exact) mass is 332 g/mol. The molecule has 0 aromatic heterocycles. The van der Waals surface area contributed by atoms with Gasteiger partial charge in [0.2, 0.25) is 5.91 Å². The first-order chi connectivity index (χ1) is 11.6. The molecule has 1 heterocycles. The van der Waals surface area contributed by atoms with E-state index in [1.807, 2.05) is 30.9 Å². The Kier molecular flexibility index (Phi) is 6.46. The van der Waals surface area contributed by atoms with Gasteiger partial charge >= 0.3 is 0 Å². The van der Waals surface area contributed by atoms with Gasteiger partial charge in [-0.1, -0.05) is 19.1 Å². The molecule has 0 bridgehead atoms. The van der Waals surface area contributed by atoms with Crippen LogP contribution in [0.1, 0.15) is 30.9 Å². The Bertz CT molecular complexity index is 601. The van der Waals surface area contributed by atoms with E-state index in [4.69, 9.17) is 4.74 Å². The van der Waals surface area contributed by atoms with Crippen LogP contribution in [0.5, 0.6) is 5.75 Å². The summed E-state index contributed by atoms with van der Waals surface area (Å²) < 4.78 is 5.29. The van der Waals surface area contributed by atoms with Crippen LogP contribution in [0.4, 0.5) is 0 Å². The number of carbonyl (C=O) groups is 1. The third-order valence-electron chi connectivity index (χ3n) is 4.33. The average molecular weight is 332 g/mol. The standard InChI is InChI=1S/C18H28N4O2/c1-5-17(23)22-9-8-15(12-22)21-18(19-3)20-11-14-6-7-16(24-4)13(2)10-14/h6-7,10,15H,5,8-9,11-12H2,1-4H3,(H2,19,20,21). The van der Waals surface area contributed by atoms with Crippen molar-refractivity contribution in [1.29, 1.82) is 0 Å². The highest BCUT2D eigenvalue weighted by molar-refractivity contribution is 5.80. The minimum Gasteiger partial charge on any atom is -0.496 e. The molecule has 6 heteroatoms. The number of guanidine groups is 1. The molecule has 1 saturated heterocycles. The summed E-state index contributed by atoms with van der Waals surface area (Å²) in [5, 5.41) is 6.73. The number of hydrogen-bond donors (Lipinski definition) is 2. The van der Waals surface area contributed by atoms with E-state index in [1.54, 1.807) is 14.2 Å². The highest BCUT2D eigenvalue weighted by atomic mass is 16.5. The molecule has 0 saturated carbocycles. The summed E-state index contributed by atoms with van der Waals surface area (Å²) >= 11 is 0. The third kappa shape index (κ3) is 4.63. The third-order valence-corrected chi connectivity index (χ3v) is 4.33. The number of likely N-dealkylation sites (tertiary alicyclic amines) is 1. The van der Waals surface area contributed by atoms with Crippen molar-refractivity contribution in [2.45, 2.75) is 39.3 Å². The van der Waals surface area contributed by atoms with Crippen LogP contribution >= 0.6 is 0 Å². The summed E-state index contributed by atoms with van der Waals surface area (Å²) in [5.41, 5.74) is 2.29. The maximum atomic E-state index is 11.8. The van der Waals surface area contributed by atoms with Gasteiger partial charge in [0, 0.05) is 39.1 Å². The van der Waals surface area contributed by atoms with Crippen molar-refractivity contribution >= 4 is 11.9 Å². The highest BCUT2D eigenvalue weighted by Crippen LogP contribution is 2.18. The van der Waals surface area contributed by atoms with Crippen molar-refractivity contribution in [1.82, 2.24) is 15.5 Å². The summed E-state index contributed by atoms with van der Waals surface area (Å²) in [6, 6.07) is 6.39. The Balaban J connectivity index is 1.85. The summed E-state index contributed by atoms with van der Waals surface area (Å²) in [5.74, 6) is 1.88. The molecule has 1 aromatic rings. The molecular weight excluding hydrogens is 304 g/mol. The fraction of sp³-hybridized carbons (Fsp3) is 0.556. The van der Waals surface area contributed by atoms with Gasteiger partial charge in [-0.05, 0) is 30.5 Å². The maximum Gasteiger partial charge on any atom is 0.222 e. The zero-order chi connectivity index (χ0) is 17.5. The van der Waals surface area contributed by atoms with Crippen molar-refractivity contribution in [3.05, 3.63) is 29.3 Å². The first-order valence-electron chi connectivity index (χ1n) is 8.45. The molecule has 1 aliphatic rings. The number of aliphatic imine (C=N–C) groups is 1. The van der Waals surface area contributed by atoms with Gasteiger partial charge in [-0.25, -0.2) is 0 Å². The molecule has 1 aliphatic heterocycles. The van der Waals surface area contributed by atoms with Crippen LogP contribution in [0, 0.1) is 6.92 Å². The van der Waals surface area contributed by atoms with E-state index in [9.17, 15) is 4.79 Å². The molecule has 1 fully saturated rings. The molecule has 1 aromatic carbocycles. The number of carbonyl (C=O) groups excluding carboxylic acids is 1. The number of benzene rings is 1. The maximum absolute atomic E-state index is 11.8. The van der Waals surface area contributed by atoms with Crippen molar-refractivity contribution in [2.75, 3.05) is 27.2 Å². The van der Waals surface area contributed by atoms with Crippen molar-refractivity contribution < 1.29 is 9.53 Å². The predicted octanol–water partition coefficient (Wildman–Crippen LogP) is 1.68. The molecule has 2 N–H and O–H groups in total. The number of nitrogens with zero attached hydrogens (tertiary/aromatic N) is 2. The van der Waals surface area contributed by atoms with Crippen LogP contribution in [0.3, 0.4) is 0 Å². The first kappa shape index (κ1) is 18.1. The molecular formula is C18H28N4O2. The number of ether oxygens (including phenoxy) is 1. The Morgan fingerprint density at radius 1 is 1.46 bits per heavy atom. The van der Waals surface area contributed by atoms with E-state index in [-0.39, 0.29) is 11.9 Å². The van der Waals surface area contributed by atoms with Gasteiger partial charge in [-0.3, -0.25) is 9.79 Å². The Morgan fingerprint density at radius 3 is 2.88 bits per heavy atom. The number of hydrogen-bond acceptors (Lipinski definition) is 3. The van der Waals surface area contributed by atoms with Crippen LogP contribution in [0.2, 0.25) is 0 Å². The smallest absolute Gasteiger partial charge is 0.222 e. The van der Waals surface area contributed by atoms with Crippen LogP contribution in [0.15, 0.2) is 23.2 Å². The molecule has 1 unspecified atom stereocenters. The van der Waals surface area contributed by atoms with Gasteiger partial charge in [0.25, 0.3) is 0 Å². The summed E-state index contributed by atoms with van der Waals surface area (Å²) in [4.78, 5) is 17.9. The van der Waals surface area contributed by atoms with Crippen LogP contribution in [0.25, 0.3) is 0 Å². The minimum absolute atomic E-state index is 0.218. The molecule has 1 atom stereocenters. The van der Waals surface area contributed by atoms with Crippen molar-refractivity contribution in [3.63, 3.8) is 0 Å². The first-order valence-corrected chi connectivity index (χ1v) is 8.45. The lowest BCUT2D eigenvalue weighted by Gasteiger charge is -2.19. The lowest BCUT2D eigenvalue weighted by molar-refractivity contribution is -0.129. The lowest BCUT2D eigenvalue weighted by atomic mass is 10.1. The fourth-order valence-electron chi connectivity index (χ4n) is 2.95. The zero-order valence-corrected chi connectivity index (χ0v) is 15.1. The van der Waals surface area contributed by atoms with Crippen molar-refractivity contribution in [2.24, 2.45) is 4.99 Å². The Morgan fingerprint density at radius 2 is 2.25 bits per heavy atom. The van der Waals surface area contributed by atoms with Gasteiger partial charge < -0.3 is 20.3 Å². The summed E-state index contributed by atoms with van der Waals surface area (Å²) in [7, 11) is 3.44. The normalized spacial score (nSPS) is 17.8. The molecule has 132 valence electrons. The quantitative estimate of drug-likeness (QED) is 0.636. The molecule has 0 spiro atoms. The second-order valence-corrected chi connectivity index (χ2v) is 6.05. The Hall–Kier alpha value is -2.24. The number of rotatable bonds is 5. The number of nitrogens with one attached hydrogen (secondary N) is 2. The number of aryl methyl sites for hydroxylation is 1. The van der Waals surface area contributed by atoms with E-state index in [0.717, 1.165) is 36.8 Å². The summed E-state index contributed by atoms with van der Waals surface area (Å²) in [6.07, 6.45) is 1.52. The lowest BCUT2D eigenvalue weighted by Crippen LogP contribution is -2.44. The summed E-state index contributed by atoms with van der Waals surface area (Å²) in [6.45, 7) is 6.19. The van der Waals surface area contributed by atoms with E-state index >= 15 is 0 Å². The average Bonchev–Trinajstić information content (AvgIpc) is 3.06. The molecule has 24 heavy (non-hydrogen) atoms.